The van der Waals surface area contributed by atoms with Crippen molar-refractivity contribution in [2.75, 3.05) is 7.05 Å². The molecule has 3 aromatic rings. The van der Waals surface area contributed by atoms with Crippen LogP contribution >= 0.6 is 11.3 Å². The maximum Gasteiger partial charge on any atom is 0.315 e. The molecule has 0 radical (unpaired) electrons. The fourth-order valence-corrected chi connectivity index (χ4v) is 2.95. The first-order valence-corrected chi connectivity index (χ1v) is 6.33. The molecule has 3 heterocycles. The van der Waals surface area contributed by atoms with E-state index in [1.807, 2.05) is 6.07 Å². The lowest BCUT2D eigenvalue weighted by molar-refractivity contribution is 0.961. The van der Waals surface area contributed by atoms with Gasteiger partial charge in [-0.05, 0) is 12.1 Å². The fraction of sp³-hybridized carbons (Fsp3) is 0.167. The Labute approximate surface area is 111 Å². The second kappa shape index (κ2) is 4.03. The number of imidazole rings is 1. The quantitative estimate of drug-likeness (QED) is 0.602. The average molecular weight is 271 g/mol. The molecule has 0 atom stereocenters. The first-order valence-electron chi connectivity index (χ1n) is 5.51. The molecule has 94 valence electrons. The normalized spacial score (nSPS) is 12.2. The first-order chi connectivity index (χ1) is 9.19. The number of nitriles is 1. The van der Waals surface area contributed by atoms with Crippen molar-refractivity contribution < 1.29 is 0 Å². The van der Waals surface area contributed by atoms with E-state index in [2.05, 4.69) is 16.0 Å². The predicted octanol–water partition coefficient (Wildman–Crippen LogP) is 0.650. The van der Waals surface area contributed by atoms with Crippen molar-refractivity contribution in [3.63, 3.8) is 0 Å². The summed E-state index contributed by atoms with van der Waals surface area (Å²) in [4.78, 5) is 20.3. The van der Waals surface area contributed by atoms with E-state index in [0.29, 0.717) is 27.0 Å². The SMILES string of the molecule is CN=c1sc(=O)n2c3cccnc3n(C)c2c1C#N. The Morgan fingerprint density at radius 3 is 3.00 bits per heavy atom. The summed E-state index contributed by atoms with van der Waals surface area (Å²) in [5.74, 6) is 0. The largest absolute Gasteiger partial charge is 0.315 e. The topological polar surface area (TPSA) is 75.5 Å². The molecule has 0 amide bonds. The molecule has 19 heavy (non-hydrogen) atoms. The molecule has 0 unspecified atom stereocenters. The van der Waals surface area contributed by atoms with Crippen LogP contribution in [0.5, 0.6) is 0 Å². The lowest BCUT2D eigenvalue weighted by Gasteiger charge is -1.98. The van der Waals surface area contributed by atoms with Gasteiger partial charge in [-0.25, -0.2) is 9.38 Å². The van der Waals surface area contributed by atoms with Crippen molar-refractivity contribution in [3.8, 4) is 6.07 Å². The molecule has 0 aromatic carbocycles. The molecule has 7 heteroatoms. The van der Waals surface area contributed by atoms with Gasteiger partial charge >= 0.3 is 4.87 Å². The Morgan fingerprint density at radius 1 is 1.53 bits per heavy atom. The van der Waals surface area contributed by atoms with Crippen LogP contribution in [0.25, 0.3) is 16.8 Å². The fourth-order valence-electron chi connectivity index (χ4n) is 2.18. The van der Waals surface area contributed by atoms with E-state index >= 15 is 0 Å². The summed E-state index contributed by atoms with van der Waals surface area (Å²) < 4.78 is 3.70. The van der Waals surface area contributed by atoms with E-state index in [-0.39, 0.29) is 4.87 Å². The Bertz CT molecular complexity index is 970. The molecule has 0 N–H and O–H groups in total. The van der Waals surface area contributed by atoms with Gasteiger partial charge in [0.2, 0.25) is 0 Å². The van der Waals surface area contributed by atoms with Crippen LogP contribution < -0.4 is 9.54 Å². The van der Waals surface area contributed by atoms with Crippen LogP contribution in [0.1, 0.15) is 5.56 Å². The molecule has 3 aromatic heterocycles. The van der Waals surface area contributed by atoms with E-state index in [9.17, 15) is 10.1 Å². The van der Waals surface area contributed by atoms with Crippen molar-refractivity contribution in [1.29, 1.82) is 5.26 Å². The summed E-state index contributed by atoms with van der Waals surface area (Å²) in [7, 11) is 3.36. The Hall–Kier alpha value is -2.46. The zero-order valence-electron chi connectivity index (χ0n) is 10.3. The van der Waals surface area contributed by atoms with Gasteiger partial charge in [0.15, 0.2) is 5.65 Å². The van der Waals surface area contributed by atoms with E-state index in [1.165, 1.54) is 4.40 Å². The number of aryl methyl sites for hydroxylation is 1. The number of hydrogen-bond acceptors (Lipinski definition) is 5. The van der Waals surface area contributed by atoms with Gasteiger partial charge in [-0.2, -0.15) is 5.26 Å². The monoisotopic (exact) mass is 271 g/mol. The Balaban J connectivity index is 2.80. The Morgan fingerprint density at radius 2 is 2.32 bits per heavy atom. The second-order valence-corrected chi connectivity index (χ2v) is 4.89. The molecule has 0 aliphatic carbocycles. The summed E-state index contributed by atoms with van der Waals surface area (Å²) >= 11 is 0.963. The van der Waals surface area contributed by atoms with Gasteiger partial charge in [-0.15, -0.1) is 0 Å². The maximum atomic E-state index is 12.2. The van der Waals surface area contributed by atoms with Crippen LogP contribution in [0.3, 0.4) is 0 Å². The highest BCUT2D eigenvalue weighted by molar-refractivity contribution is 7.06. The van der Waals surface area contributed by atoms with Crippen LogP contribution in [0, 0.1) is 11.3 Å². The van der Waals surface area contributed by atoms with E-state index in [1.54, 1.807) is 30.9 Å². The average Bonchev–Trinajstić information content (AvgIpc) is 2.74. The van der Waals surface area contributed by atoms with Gasteiger partial charge in [0.05, 0.1) is 5.52 Å². The zero-order valence-corrected chi connectivity index (χ0v) is 11.1. The second-order valence-electron chi connectivity index (χ2n) is 3.95. The van der Waals surface area contributed by atoms with E-state index < -0.39 is 0 Å². The molecule has 0 aliphatic rings. The minimum atomic E-state index is -0.173. The molecule has 0 saturated carbocycles. The van der Waals surface area contributed by atoms with E-state index in [4.69, 9.17) is 0 Å². The van der Waals surface area contributed by atoms with Gasteiger partial charge < -0.3 is 4.57 Å². The molecular weight excluding hydrogens is 262 g/mol. The van der Waals surface area contributed by atoms with Gasteiger partial charge in [0.1, 0.15) is 22.0 Å². The van der Waals surface area contributed by atoms with Crippen molar-refractivity contribution in [3.05, 3.63) is 38.2 Å². The summed E-state index contributed by atoms with van der Waals surface area (Å²) in [5, 5.41) is 9.34. The highest BCUT2D eigenvalue weighted by atomic mass is 32.1. The summed E-state index contributed by atoms with van der Waals surface area (Å²) in [6, 6.07) is 5.71. The molecule has 0 aliphatic heterocycles. The van der Waals surface area contributed by atoms with Gasteiger partial charge in [-0.3, -0.25) is 9.79 Å². The number of fused-ring (bicyclic) bond motifs is 3. The molecular formula is C12H9N5OS. The van der Waals surface area contributed by atoms with Crippen LogP contribution in [-0.4, -0.2) is 21.0 Å². The molecule has 0 saturated heterocycles. The lowest BCUT2D eigenvalue weighted by atomic mass is 10.4. The number of pyridine rings is 1. The van der Waals surface area contributed by atoms with Crippen LogP contribution in [0.15, 0.2) is 28.1 Å². The lowest BCUT2D eigenvalue weighted by Crippen LogP contribution is -2.19. The van der Waals surface area contributed by atoms with Gasteiger partial charge in [-0.1, -0.05) is 11.3 Å². The summed E-state index contributed by atoms with van der Waals surface area (Å²) in [6.07, 6.45) is 1.66. The standard InChI is InChI=1S/C12H9N5OS/c1-14-10-7(6-13)11-16(2)9-8(4-3-5-15-9)17(11)12(18)19-10/h3-5H,1-2H3. The summed E-state index contributed by atoms with van der Waals surface area (Å²) in [6.45, 7) is 0. The highest BCUT2D eigenvalue weighted by Crippen LogP contribution is 2.17. The minimum absolute atomic E-state index is 0.173. The zero-order chi connectivity index (χ0) is 13.6. The van der Waals surface area contributed by atoms with Crippen molar-refractivity contribution in [2.45, 2.75) is 0 Å². The van der Waals surface area contributed by atoms with E-state index in [0.717, 1.165) is 11.3 Å². The molecule has 0 spiro atoms. The first kappa shape index (κ1) is 11.6. The van der Waals surface area contributed by atoms with Gasteiger partial charge in [0, 0.05) is 20.3 Å². The molecule has 0 bridgehead atoms. The van der Waals surface area contributed by atoms with Crippen molar-refractivity contribution >= 4 is 28.1 Å². The maximum absolute atomic E-state index is 12.2. The van der Waals surface area contributed by atoms with Crippen LogP contribution in [0.4, 0.5) is 0 Å². The molecule has 6 nitrogen and oxygen atoms in total. The molecule has 0 fully saturated rings. The predicted molar refractivity (Wildman–Crippen MR) is 72.0 cm³/mol. The smallest absolute Gasteiger partial charge is 0.312 e. The van der Waals surface area contributed by atoms with Crippen LogP contribution in [0.2, 0.25) is 0 Å². The third-order valence-electron chi connectivity index (χ3n) is 2.97. The number of nitrogens with zero attached hydrogens (tertiary/aromatic N) is 5. The Kier molecular flexibility index (Phi) is 2.47. The minimum Gasteiger partial charge on any atom is -0.312 e. The number of rotatable bonds is 0. The highest BCUT2D eigenvalue weighted by Gasteiger charge is 2.16. The molecule has 3 rings (SSSR count). The van der Waals surface area contributed by atoms with Gasteiger partial charge in [0.25, 0.3) is 0 Å². The third-order valence-corrected chi connectivity index (χ3v) is 3.91. The summed E-state index contributed by atoms with van der Waals surface area (Å²) in [5.41, 5.74) is 2.28. The van der Waals surface area contributed by atoms with Crippen LogP contribution in [-0.2, 0) is 7.05 Å². The van der Waals surface area contributed by atoms with Crippen molar-refractivity contribution in [1.82, 2.24) is 14.0 Å². The number of hydrogen-bond donors (Lipinski definition) is 0. The third kappa shape index (κ3) is 1.44. The van der Waals surface area contributed by atoms with Crippen molar-refractivity contribution in [2.24, 2.45) is 12.0 Å². The number of aromatic nitrogens is 3.